The zero-order chi connectivity index (χ0) is 14.7. The molecule has 1 aliphatic rings. The molecule has 0 aliphatic heterocycles. The Morgan fingerprint density at radius 3 is 2.76 bits per heavy atom. The van der Waals surface area contributed by atoms with Gasteiger partial charge in [0.25, 0.3) is 10.0 Å². The number of sulfonamides is 1. The minimum atomic E-state index is -3.60. The molecular formula is C14H18N2O4S. The van der Waals surface area contributed by atoms with Crippen LogP contribution < -0.4 is 10.0 Å². The van der Waals surface area contributed by atoms with Crippen LogP contribution in [0.25, 0.3) is 0 Å². The maximum absolute atomic E-state index is 12.1. The molecule has 0 bridgehead atoms. The van der Waals surface area contributed by atoms with Gasteiger partial charge in [-0.15, -0.1) is 0 Å². The number of hydrogen-bond acceptors (Lipinski definition) is 5. The summed E-state index contributed by atoms with van der Waals surface area (Å²) in [6.45, 7) is 0.832. The second-order valence-electron chi connectivity index (χ2n) is 5.10. The van der Waals surface area contributed by atoms with E-state index in [-0.39, 0.29) is 11.6 Å². The van der Waals surface area contributed by atoms with Crippen LogP contribution in [0, 0.1) is 0 Å². The molecular weight excluding hydrogens is 292 g/mol. The second kappa shape index (κ2) is 6.05. The summed E-state index contributed by atoms with van der Waals surface area (Å²) in [5.41, 5.74) is 0. The normalized spacial score (nSPS) is 15.4. The van der Waals surface area contributed by atoms with Gasteiger partial charge in [0.2, 0.25) is 5.09 Å². The summed E-state index contributed by atoms with van der Waals surface area (Å²) in [6, 6.07) is 7.31. The Morgan fingerprint density at radius 1 is 1.19 bits per heavy atom. The molecule has 1 fully saturated rings. The van der Waals surface area contributed by atoms with Crippen LogP contribution in [0.3, 0.4) is 0 Å². The summed E-state index contributed by atoms with van der Waals surface area (Å²) >= 11 is 0. The lowest BCUT2D eigenvalue weighted by Gasteiger charge is -2.03. The third-order valence-corrected chi connectivity index (χ3v) is 4.62. The fourth-order valence-corrected chi connectivity index (χ4v) is 2.94. The fourth-order valence-electron chi connectivity index (χ4n) is 1.96. The SMILES string of the molecule is O=S(=O)(NCCc1ccco1)c1ccc(CNC2CC2)o1. The Bertz CT molecular complexity index is 672. The summed E-state index contributed by atoms with van der Waals surface area (Å²) in [4.78, 5) is 0. The Balaban J connectivity index is 1.53. The van der Waals surface area contributed by atoms with Crippen molar-refractivity contribution in [3.05, 3.63) is 42.0 Å². The van der Waals surface area contributed by atoms with Gasteiger partial charge in [0.05, 0.1) is 12.8 Å². The average molecular weight is 310 g/mol. The highest BCUT2D eigenvalue weighted by Crippen LogP contribution is 2.20. The van der Waals surface area contributed by atoms with Crippen LogP contribution in [0.4, 0.5) is 0 Å². The first-order chi connectivity index (χ1) is 10.1. The van der Waals surface area contributed by atoms with Crippen LogP contribution in [-0.2, 0) is 23.0 Å². The molecule has 0 unspecified atom stereocenters. The van der Waals surface area contributed by atoms with E-state index in [1.54, 1.807) is 18.4 Å². The lowest BCUT2D eigenvalue weighted by molar-refractivity contribution is 0.399. The van der Waals surface area contributed by atoms with Crippen LogP contribution in [-0.4, -0.2) is 21.0 Å². The predicted molar refractivity (Wildman–Crippen MR) is 76.2 cm³/mol. The fraction of sp³-hybridized carbons (Fsp3) is 0.429. The molecule has 2 heterocycles. The number of hydrogen-bond donors (Lipinski definition) is 2. The first-order valence-corrected chi connectivity index (χ1v) is 8.46. The van der Waals surface area contributed by atoms with Crippen molar-refractivity contribution in [3.63, 3.8) is 0 Å². The summed E-state index contributed by atoms with van der Waals surface area (Å²) in [6.07, 6.45) is 4.43. The molecule has 0 atom stereocenters. The third-order valence-electron chi connectivity index (χ3n) is 3.29. The van der Waals surface area contributed by atoms with Crippen molar-refractivity contribution < 1.29 is 17.3 Å². The van der Waals surface area contributed by atoms with E-state index in [1.165, 1.54) is 18.9 Å². The molecule has 0 radical (unpaired) electrons. The van der Waals surface area contributed by atoms with Crippen LogP contribution in [0.2, 0.25) is 0 Å². The highest BCUT2D eigenvalue weighted by molar-refractivity contribution is 7.89. The first-order valence-electron chi connectivity index (χ1n) is 6.98. The van der Waals surface area contributed by atoms with Crippen LogP contribution in [0.5, 0.6) is 0 Å². The first kappa shape index (κ1) is 14.4. The summed E-state index contributed by atoms with van der Waals surface area (Å²) in [5, 5.41) is 3.23. The Kier molecular flexibility index (Phi) is 4.14. The Morgan fingerprint density at radius 2 is 2.05 bits per heavy atom. The van der Waals surface area contributed by atoms with E-state index in [0.717, 1.165) is 5.76 Å². The molecule has 0 saturated heterocycles. The molecule has 3 rings (SSSR count). The molecule has 0 aromatic carbocycles. The molecule has 2 N–H and O–H groups in total. The maximum atomic E-state index is 12.1. The monoisotopic (exact) mass is 310 g/mol. The molecule has 2 aromatic rings. The van der Waals surface area contributed by atoms with Gasteiger partial charge in [0.1, 0.15) is 11.5 Å². The maximum Gasteiger partial charge on any atom is 0.273 e. The predicted octanol–water partition coefficient (Wildman–Crippen LogP) is 1.65. The topological polar surface area (TPSA) is 84.5 Å². The van der Waals surface area contributed by atoms with Crippen LogP contribution in [0.1, 0.15) is 24.4 Å². The second-order valence-corrected chi connectivity index (χ2v) is 6.80. The summed E-state index contributed by atoms with van der Waals surface area (Å²) in [7, 11) is -3.60. The van der Waals surface area contributed by atoms with Crippen molar-refractivity contribution in [1.82, 2.24) is 10.0 Å². The highest BCUT2D eigenvalue weighted by Gasteiger charge is 2.22. The minimum Gasteiger partial charge on any atom is -0.469 e. The standard InChI is InChI=1S/C14H18N2O4S/c17-21(18,16-8-7-12-2-1-9-19-12)14-6-5-13(20-14)10-15-11-3-4-11/h1-2,5-6,9,11,15-16H,3-4,7-8,10H2. The van der Waals surface area contributed by atoms with Gasteiger partial charge in [0.15, 0.2) is 0 Å². The van der Waals surface area contributed by atoms with Crippen molar-refractivity contribution in [2.45, 2.75) is 36.9 Å². The lowest BCUT2D eigenvalue weighted by atomic mass is 10.3. The van der Waals surface area contributed by atoms with Crippen molar-refractivity contribution in [1.29, 1.82) is 0 Å². The van der Waals surface area contributed by atoms with Gasteiger partial charge in [-0.2, -0.15) is 0 Å². The van der Waals surface area contributed by atoms with E-state index < -0.39 is 10.0 Å². The van der Waals surface area contributed by atoms with E-state index in [1.807, 2.05) is 6.07 Å². The Labute approximate surface area is 123 Å². The van der Waals surface area contributed by atoms with E-state index in [2.05, 4.69) is 10.0 Å². The molecule has 2 aromatic heterocycles. The number of rotatable bonds is 8. The molecule has 1 aliphatic carbocycles. The minimum absolute atomic E-state index is 0.0467. The summed E-state index contributed by atoms with van der Waals surface area (Å²) < 4.78 is 37.2. The van der Waals surface area contributed by atoms with Crippen molar-refractivity contribution in [2.75, 3.05) is 6.54 Å². The highest BCUT2D eigenvalue weighted by atomic mass is 32.2. The van der Waals surface area contributed by atoms with Crippen LogP contribution in [0.15, 0.2) is 44.5 Å². The van der Waals surface area contributed by atoms with E-state index in [0.29, 0.717) is 24.8 Å². The number of furan rings is 2. The van der Waals surface area contributed by atoms with E-state index >= 15 is 0 Å². The van der Waals surface area contributed by atoms with Crippen molar-refractivity contribution >= 4 is 10.0 Å². The summed E-state index contributed by atoms with van der Waals surface area (Å²) in [5.74, 6) is 1.37. The van der Waals surface area contributed by atoms with E-state index in [9.17, 15) is 8.42 Å². The Hall–Kier alpha value is -1.57. The van der Waals surface area contributed by atoms with Crippen molar-refractivity contribution in [2.24, 2.45) is 0 Å². The smallest absolute Gasteiger partial charge is 0.273 e. The van der Waals surface area contributed by atoms with Gasteiger partial charge in [-0.3, -0.25) is 0 Å². The van der Waals surface area contributed by atoms with E-state index in [4.69, 9.17) is 8.83 Å². The molecule has 1 saturated carbocycles. The number of nitrogens with one attached hydrogen (secondary N) is 2. The molecule has 0 amide bonds. The zero-order valence-electron chi connectivity index (χ0n) is 11.5. The largest absolute Gasteiger partial charge is 0.469 e. The van der Waals surface area contributed by atoms with Gasteiger partial charge in [-0.05, 0) is 37.1 Å². The lowest BCUT2D eigenvalue weighted by Crippen LogP contribution is -2.25. The third kappa shape index (κ3) is 3.96. The van der Waals surface area contributed by atoms with Crippen molar-refractivity contribution in [3.8, 4) is 0 Å². The molecule has 21 heavy (non-hydrogen) atoms. The van der Waals surface area contributed by atoms with Gasteiger partial charge in [0, 0.05) is 19.0 Å². The van der Waals surface area contributed by atoms with Gasteiger partial charge in [-0.25, -0.2) is 13.1 Å². The quantitative estimate of drug-likeness (QED) is 0.774. The van der Waals surface area contributed by atoms with Gasteiger partial charge >= 0.3 is 0 Å². The van der Waals surface area contributed by atoms with Gasteiger partial charge in [-0.1, -0.05) is 0 Å². The zero-order valence-corrected chi connectivity index (χ0v) is 12.4. The molecule has 0 spiro atoms. The average Bonchev–Trinajstić information content (AvgIpc) is 2.93. The molecule has 6 nitrogen and oxygen atoms in total. The molecule has 114 valence electrons. The molecule has 7 heteroatoms. The van der Waals surface area contributed by atoms with Gasteiger partial charge < -0.3 is 14.2 Å². The van der Waals surface area contributed by atoms with Crippen LogP contribution >= 0.6 is 0 Å².